The van der Waals surface area contributed by atoms with Gasteiger partial charge in [0.05, 0.1) is 5.92 Å². The van der Waals surface area contributed by atoms with Gasteiger partial charge in [-0.1, -0.05) is 12.8 Å². The summed E-state index contributed by atoms with van der Waals surface area (Å²) in [6.07, 6.45) is 3.64. The predicted molar refractivity (Wildman–Crippen MR) is 94.4 cm³/mol. The zero-order chi connectivity index (χ0) is 17.8. The lowest BCUT2D eigenvalue weighted by molar-refractivity contribution is -0.126. The first-order valence-electron chi connectivity index (χ1n) is 8.27. The zero-order valence-corrected chi connectivity index (χ0v) is 14.7. The van der Waals surface area contributed by atoms with E-state index in [1.54, 1.807) is 31.3 Å². The summed E-state index contributed by atoms with van der Waals surface area (Å²) in [7, 11) is 1.63. The van der Waals surface area contributed by atoms with E-state index in [2.05, 4.69) is 20.8 Å². The number of carbonyl (C=O) groups excluding carboxylic acids is 2. The molecule has 0 bridgehead atoms. The molecule has 2 atom stereocenters. The summed E-state index contributed by atoms with van der Waals surface area (Å²) in [4.78, 5) is 24.7. The van der Waals surface area contributed by atoms with Crippen molar-refractivity contribution in [1.82, 2.24) is 20.8 Å². The molecule has 2 unspecified atom stereocenters. The quantitative estimate of drug-likeness (QED) is 0.727. The number of benzene rings is 1. The Morgan fingerprint density at radius 3 is 2.60 bits per heavy atom. The van der Waals surface area contributed by atoms with Crippen LogP contribution in [0.25, 0.3) is 11.5 Å². The summed E-state index contributed by atoms with van der Waals surface area (Å²) in [6, 6.07) is 6.77. The summed E-state index contributed by atoms with van der Waals surface area (Å²) in [5.41, 5.74) is 1.25. The Bertz CT molecular complexity index is 812. The fraction of sp³-hybridized carbons (Fsp3) is 0.412. The SMILES string of the molecule is CNC(=O)C1CCCCC1NC(=O)c1ccc(-c2n[nH]c(=S)o2)cc1. The number of nitrogens with one attached hydrogen (secondary N) is 3. The molecule has 8 heteroatoms. The normalized spacial score (nSPS) is 20.0. The average molecular weight is 360 g/mol. The van der Waals surface area contributed by atoms with Gasteiger partial charge in [-0.05, 0) is 49.3 Å². The molecule has 2 amide bonds. The second-order valence-electron chi connectivity index (χ2n) is 6.08. The molecule has 0 saturated heterocycles. The summed E-state index contributed by atoms with van der Waals surface area (Å²) in [5, 5.41) is 12.2. The molecule has 1 aliphatic rings. The molecule has 3 N–H and O–H groups in total. The number of amides is 2. The number of nitrogens with zero attached hydrogens (tertiary/aromatic N) is 1. The number of carbonyl (C=O) groups is 2. The Morgan fingerprint density at radius 1 is 1.24 bits per heavy atom. The molecular weight excluding hydrogens is 340 g/mol. The summed E-state index contributed by atoms with van der Waals surface area (Å²) < 4.78 is 5.25. The van der Waals surface area contributed by atoms with Gasteiger partial charge in [-0.15, -0.1) is 5.10 Å². The number of hydrogen-bond donors (Lipinski definition) is 3. The third-order valence-corrected chi connectivity index (χ3v) is 4.67. The van der Waals surface area contributed by atoms with E-state index < -0.39 is 0 Å². The van der Waals surface area contributed by atoms with Crippen LogP contribution in [-0.2, 0) is 4.79 Å². The van der Waals surface area contributed by atoms with E-state index in [0.29, 0.717) is 11.5 Å². The van der Waals surface area contributed by atoms with Crippen molar-refractivity contribution in [1.29, 1.82) is 0 Å². The minimum atomic E-state index is -0.185. The van der Waals surface area contributed by atoms with Crippen LogP contribution in [0.5, 0.6) is 0 Å². The molecule has 132 valence electrons. The van der Waals surface area contributed by atoms with Crippen molar-refractivity contribution in [2.45, 2.75) is 31.7 Å². The van der Waals surface area contributed by atoms with Crippen LogP contribution < -0.4 is 10.6 Å². The van der Waals surface area contributed by atoms with Gasteiger partial charge in [0, 0.05) is 24.2 Å². The van der Waals surface area contributed by atoms with Crippen LogP contribution >= 0.6 is 12.2 Å². The van der Waals surface area contributed by atoms with Crippen LogP contribution in [-0.4, -0.2) is 35.1 Å². The minimum absolute atomic E-state index is 0.0137. The van der Waals surface area contributed by atoms with E-state index in [-0.39, 0.29) is 28.6 Å². The van der Waals surface area contributed by atoms with E-state index in [9.17, 15) is 9.59 Å². The number of H-pyrrole nitrogens is 1. The second-order valence-corrected chi connectivity index (χ2v) is 6.45. The van der Waals surface area contributed by atoms with Crippen molar-refractivity contribution in [3.63, 3.8) is 0 Å². The van der Waals surface area contributed by atoms with Crippen molar-refractivity contribution in [2.24, 2.45) is 5.92 Å². The number of aromatic nitrogens is 2. The Balaban J connectivity index is 1.70. The Labute approximate surface area is 150 Å². The number of hydrogen-bond acceptors (Lipinski definition) is 5. The van der Waals surface area contributed by atoms with Gasteiger partial charge in [0.25, 0.3) is 10.7 Å². The van der Waals surface area contributed by atoms with Gasteiger partial charge >= 0.3 is 0 Å². The average Bonchev–Trinajstić information content (AvgIpc) is 3.08. The summed E-state index contributed by atoms with van der Waals surface area (Å²) in [6.45, 7) is 0. The van der Waals surface area contributed by atoms with Crippen LogP contribution in [0.4, 0.5) is 0 Å². The summed E-state index contributed by atoms with van der Waals surface area (Å²) >= 11 is 4.85. The molecule has 3 rings (SSSR count). The van der Waals surface area contributed by atoms with Crippen molar-refractivity contribution in [2.75, 3.05) is 7.05 Å². The van der Waals surface area contributed by atoms with Gasteiger partial charge in [0.15, 0.2) is 0 Å². The predicted octanol–water partition coefficient (Wildman–Crippen LogP) is 2.43. The highest BCUT2D eigenvalue weighted by atomic mass is 32.1. The van der Waals surface area contributed by atoms with E-state index in [1.165, 1.54) is 0 Å². The van der Waals surface area contributed by atoms with E-state index >= 15 is 0 Å². The van der Waals surface area contributed by atoms with Crippen molar-refractivity contribution >= 4 is 24.0 Å². The monoisotopic (exact) mass is 360 g/mol. The van der Waals surface area contributed by atoms with E-state index in [0.717, 1.165) is 31.2 Å². The lowest BCUT2D eigenvalue weighted by Crippen LogP contribution is -2.47. The minimum Gasteiger partial charge on any atom is -0.409 e. The molecule has 1 aliphatic carbocycles. The molecule has 7 nitrogen and oxygen atoms in total. The number of aromatic amines is 1. The molecule has 0 radical (unpaired) electrons. The molecular formula is C17H20N4O3S. The lowest BCUT2D eigenvalue weighted by Gasteiger charge is -2.30. The Kier molecular flexibility index (Phi) is 5.28. The molecule has 1 heterocycles. The standard InChI is InChI=1S/C17H20N4O3S/c1-18-15(23)12-4-2-3-5-13(12)19-14(22)10-6-8-11(9-7-10)16-20-21-17(25)24-16/h6-9,12-13H,2-5H2,1H3,(H,18,23)(H,19,22)(H,21,25). The third-order valence-electron chi connectivity index (χ3n) is 4.50. The zero-order valence-electron chi connectivity index (χ0n) is 13.9. The van der Waals surface area contributed by atoms with Gasteiger partial charge < -0.3 is 15.1 Å². The topological polar surface area (TPSA) is 100 Å². The molecule has 1 aromatic carbocycles. The van der Waals surface area contributed by atoms with Crippen LogP contribution in [0.1, 0.15) is 36.0 Å². The van der Waals surface area contributed by atoms with Crippen molar-refractivity contribution < 1.29 is 14.0 Å². The molecule has 2 aromatic rings. The highest BCUT2D eigenvalue weighted by Gasteiger charge is 2.31. The number of rotatable bonds is 4. The van der Waals surface area contributed by atoms with Crippen molar-refractivity contribution in [3.8, 4) is 11.5 Å². The third kappa shape index (κ3) is 3.96. The van der Waals surface area contributed by atoms with Gasteiger partial charge in [-0.3, -0.25) is 9.59 Å². The fourth-order valence-corrected chi connectivity index (χ4v) is 3.30. The molecule has 25 heavy (non-hydrogen) atoms. The molecule has 1 saturated carbocycles. The fourth-order valence-electron chi connectivity index (χ4n) is 3.17. The van der Waals surface area contributed by atoms with Gasteiger partial charge in [-0.2, -0.15) is 0 Å². The largest absolute Gasteiger partial charge is 0.409 e. The first-order valence-corrected chi connectivity index (χ1v) is 8.67. The second kappa shape index (κ2) is 7.60. The Hall–Kier alpha value is -2.48. The first kappa shape index (κ1) is 17.3. The van der Waals surface area contributed by atoms with Crippen LogP contribution in [0, 0.1) is 10.8 Å². The first-order chi connectivity index (χ1) is 12.1. The van der Waals surface area contributed by atoms with Crippen molar-refractivity contribution in [3.05, 3.63) is 34.7 Å². The van der Waals surface area contributed by atoms with E-state index in [1.807, 2.05) is 0 Å². The Morgan fingerprint density at radius 2 is 1.96 bits per heavy atom. The van der Waals surface area contributed by atoms with E-state index in [4.69, 9.17) is 16.6 Å². The smallest absolute Gasteiger partial charge is 0.284 e. The highest BCUT2D eigenvalue weighted by molar-refractivity contribution is 7.71. The molecule has 0 spiro atoms. The maximum atomic E-state index is 12.5. The highest BCUT2D eigenvalue weighted by Crippen LogP contribution is 2.25. The van der Waals surface area contributed by atoms with Crippen LogP contribution in [0.2, 0.25) is 0 Å². The van der Waals surface area contributed by atoms with Crippen LogP contribution in [0.15, 0.2) is 28.7 Å². The van der Waals surface area contributed by atoms with Gasteiger partial charge in [0.2, 0.25) is 11.8 Å². The van der Waals surface area contributed by atoms with Gasteiger partial charge in [-0.25, -0.2) is 5.10 Å². The molecule has 1 aromatic heterocycles. The maximum Gasteiger partial charge on any atom is 0.284 e. The maximum absolute atomic E-state index is 12.5. The summed E-state index contributed by atoms with van der Waals surface area (Å²) in [5.74, 6) is 0.00899. The molecule has 1 fully saturated rings. The van der Waals surface area contributed by atoms with Crippen LogP contribution in [0.3, 0.4) is 0 Å². The molecule has 0 aliphatic heterocycles. The van der Waals surface area contributed by atoms with Gasteiger partial charge in [0.1, 0.15) is 0 Å². The lowest BCUT2D eigenvalue weighted by atomic mass is 9.83.